The average molecular weight is 284 g/mol. The van der Waals surface area contributed by atoms with Gasteiger partial charge in [-0.2, -0.15) is 0 Å². The maximum Gasteiger partial charge on any atom is 0.235 e. The largest absolute Gasteiger partial charge is 0.392 e. The maximum absolute atomic E-state index is 12.9. The molecule has 1 aliphatic heterocycles. The molecule has 2 aliphatic rings. The highest BCUT2D eigenvalue weighted by molar-refractivity contribution is 7.80. The lowest BCUT2D eigenvalue weighted by molar-refractivity contribution is -0.143. The first-order valence-corrected chi connectivity index (χ1v) is 7.64. The third-order valence-electron chi connectivity index (χ3n) is 4.67. The van der Waals surface area contributed by atoms with Crippen molar-refractivity contribution < 1.29 is 9.53 Å². The Bertz CT molecular complexity index is 347. The Labute approximate surface area is 120 Å². The Balaban J connectivity index is 2.12. The molecule has 108 valence electrons. The highest BCUT2D eigenvalue weighted by Gasteiger charge is 2.45. The maximum atomic E-state index is 12.9. The Morgan fingerprint density at radius 1 is 1.26 bits per heavy atom. The van der Waals surface area contributed by atoms with Gasteiger partial charge in [0.05, 0.1) is 4.99 Å². The van der Waals surface area contributed by atoms with Crippen LogP contribution in [0.15, 0.2) is 0 Å². The van der Waals surface area contributed by atoms with Crippen LogP contribution in [-0.4, -0.2) is 42.1 Å². The van der Waals surface area contributed by atoms with E-state index in [4.69, 9.17) is 22.7 Å². The van der Waals surface area contributed by atoms with Gasteiger partial charge in [0.2, 0.25) is 5.91 Å². The fourth-order valence-corrected chi connectivity index (χ4v) is 3.55. The van der Waals surface area contributed by atoms with Gasteiger partial charge < -0.3 is 15.4 Å². The summed E-state index contributed by atoms with van der Waals surface area (Å²) in [7, 11) is 1.91. The molecular weight excluding hydrogens is 260 g/mol. The van der Waals surface area contributed by atoms with E-state index in [0.29, 0.717) is 37.1 Å². The molecule has 4 nitrogen and oxygen atoms in total. The average Bonchev–Trinajstić information content (AvgIpc) is 2.47. The van der Waals surface area contributed by atoms with E-state index in [1.807, 2.05) is 11.9 Å². The minimum atomic E-state index is -0.667. The number of nitrogens with two attached hydrogens (primary N) is 1. The zero-order valence-corrected chi connectivity index (χ0v) is 12.5. The molecule has 1 heterocycles. The van der Waals surface area contributed by atoms with Crippen molar-refractivity contribution in [2.24, 2.45) is 11.1 Å². The molecule has 0 radical (unpaired) electrons. The summed E-state index contributed by atoms with van der Waals surface area (Å²) in [6, 6.07) is 0.357. The molecular formula is C14H24N2O2S. The monoisotopic (exact) mass is 284 g/mol. The zero-order valence-electron chi connectivity index (χ0n) is 11.7. The van der Waals surface area contributed by atoms with Crippen molar-refractivity contribution in [2.75, 3.05) is 20.3 Å². The Morgan fingerprint density at radius 2 is 1.84 bits per heavy atom. The van der Waals surface area contributed by atoms with Crippen LogP contribution in [0, 0.1) is 5.41 Å². The number of carbonyl (C=O) groups is 1. The fraction of sp³-hybridized carbons (Fsp3) is 0.857. The first-order chi connectivity index (χ1) is 9.08. The molecule has 2 fully saturated rings. The van der Waals surface area contributed by atoms with Crippen LogP contribution in [0.2, 0.25) is 0 Å². The summed E-state index contributed by atoms with van der Waals surface area (Å²) in [4.78, 5) is 15.1. The van der Waals surface area contributed by atoms with Crippen molar-refractivity contribution >= 4 is 23.1 Å². The van der Waals surface area contributed by atoms with E-state index < -0.39 is 5.41 Å². The molecule has 1 amide bonds. The van der Waals surface area contributed by atoms with Gasteiger partial charge in [0.1, 0.15) is 5.41 Å². The van der Waals surface area contributed by atoms with Crippen molar-refractivity contribution in [3.05, 3.63) is 0 Å². The predicted octanol–water partition coefficient (Wildman–Crippen LogP) is 1.86. The topological polar surface area (TPSA) is 55.6 Å². The summed E-state index contributed by atoms with van der Waals surface area (Å²) in [6.45, 7) is 1.14. The standard InChI is InChI=1S/C14H24N2O2S/c1-16(11-5-3-2-4-6-11)13(17)14(12(15)19)7-9-18-10-8-14/h11H,2-10H2,1H3,(H2,15,19). The molecule has 5 heteroatoms. The second-order valence-corrected chi connectivity index (χ2v) is 6.21. The van der Waals surface area contributed by atoms with Crippen molar-refractivity contribution in [2.45, 2.75) is 51.0 Å². The van der Waals surface area contributed by atoms with Crippen LogP contribution in [0.4, 0.5) is 0 Å². The van der Waals surface area contributed by atoms with E-state index in [1.165, 1.54) is 19.3 Å². The van der Waals surface area contributed by atoms with E-state index in [0.717, 1.165) is 12.8 Å². The van der Waals surface area contributed by atoms with E-state index in [1.54, 1.807) is 0 Å². The fourth-order valence-electron chi connectivity index (χ4n) is 3.26. The summed E-state index contributed by atoms with van der Waals surface area (Å²) in [5.74, 6) is 0.107. The van der Waals surface area contributed by atoms with Gasteiger partial charge in [-0.15, -0.1) is 0 Å². The molecule has 1 saturated heterocycles. The number of rotatable bonds is 3. The summed E-state index contributed by atoms with van der Waals surface area (Å²) >= 11 is 5.20. The van der Waals surface area contributed by atoms with E-state index >= 15 is 0 Å². The molecule has 2 rings (SSSR count). The second kappa shape index (κ2) is 6.18. The lowest BCUT2D eigenvalue weighted by Gasteiger charge is -2.41. The highest BCUT2D eigenvalue weighted by atomic mass is 32.1. The number of ether oxygens (including phenoxy) is 1. The normalized spacial score (nSPS) is 23.8. The number of thiocarbonyl (C=S) groups is 1. The number of hydrogen-bond acceptors (Lipinski definition) is 3. The molecule has 19 heavy (non-hydrogen) atoms. The first kappa shape index (κ1) is 14.7. The number of amides is 1. The van der Waals surface area contributed by atoms with Crippen molar-refractivity contribution in [1.29, 1.82) is 0 Å². The third kappa shape index (κ3) is 2.92. The summed E-state index contributed by atoms with van der Waals surface area (Å²) in [5.41, 5.74) is 5.23. The van der Waals surface area contributed by atoms with Crippen LogP contribution in [-0.2, 0) is 9.53 Å². The van der Waals surface area contributed by atoms with E-state index in [2.05, 4.69) is 0 Å². The van der Waals surface area contributed by atoms with E-state index in [-0.39, 0.29) is 5.91 Å². The SMILES string of the molecule is CN(C(=O)C1(C(N)=S)CCOCC1)C1CCCCC1. The molecule has 0 aromatic carbocycles. The number of carbonyl (C=O) groups excluding carboxylic acids is 1. The highest BCUT2D eigenvalue weighted by Crippen LogP contribution is 2.35. The molecule has 0 atom stereocenters. The van der Waals surface area contributed by atoms with Crippen LogP contribution >= 0.6 is 12.2 Å². The number of hydrogen-bond donors (Lipinski definition) is 1. The first-order valence-electron chi connectivity index (χ1n) is 7.23. The van der Waals surface area contributed by atoms with Crippen molar-refractivity contribution in [1.82, 2.24) is 4.90 Å². The number of nitrogens with zero attached hydrogens (tertiary/aromatic N) is 1. The van der Waals surface area contributed by atoms with Gasteiger partial charge in [0, 0.05) is 26.3 Å². The van der Waals surface area contributed by atoms with Gasteiger partial charge in [0.15, 0.2) is 0 Å². The molecule has 2 N–H and O–H groups in total. The van der Waals surface area contributed by atoms with Crippen LogP contribution in [0.25, 0.3) is 0 Å². The molecule has 0 aromatic rings. The summed E-state index contributed by atoms with van der Waals surface area (Å²) < 4.78 is 5.36. The molecule has 0 spiro atoms. The van der Waals surface area contributed by atoms with Crippen LogP contribution in [0.1, 0.15) is 44.9 Å². The quantitative estimate of drug-likeness (QED) is 0.804. The molecule has 0 bridgehead atoms. The Hall–Kier alpha value is -0.680. The van der Waals surface area contributed by atoms with Gasteiger partial charge in [0.25, 0.3) is 0 Å². The van der Waals surface area contributed by atoms with Crippen LogP contribution in [0.5, 0.6) is 0 Å². The van der Waals surface area contributed by atoms with Gasteiger partial charge in [-0.3, -0.25) is 4.79 Å². The molecule has 0 unspecified atom stereocenters. The lowest BCUT2D eigenvalue weighted by atomic mass is 9.78. The van der Waals surface area contributed by atoms with Gasteiger partial charge in [-0.05, 0) is 25.7 Å². The summed E-state index contributed by atoms with van der Waals surface area (Å²) in [5, 5.41) is 0. The Morgan fingerprint density at radius 3 is 2.37 bits per heavy atom. The second-order valence-electron chi connectivity index (χ2n) is 5.77. The molecule has 1 aliphatic carbocycles. The summed E-state index contributed by atoms with van der Waals surface area (Å²) in [6.07, 6.45) is 7.17. The predicted molar refractivity (Wildman–Crippen MR) is 78.9 cm³/mol. The van der Waals surface area contributed by atoms with Crippen molar-refractivity contribution in [3.63, 3.8) is 0 Å². The van der Waals surface area contributed by atoms with E-state index in [9.17, 15) is 4.79 Å². The smallest absolute Gasteiger partial charge is 0.235 e. The van der Waals surface area contributed by atoms with Crippen molar-refractivity contribution in [3.8, 4) is 0 Å². The molecule has 1 saturated carbocycles. The van der Waals surface area contributed by atoms with Gasteiger partial charge >= 0.3 is 0 Å². The zero-order chi connectivity index (χ0) is 13.9. The Kier molecular flexibility index (Phi) is 4.79. The van der Waals surface area contributed by atoms with Crippen LogP contribution < -0.4 is 5.73 Å². The minimum absolute atomic E-state index is 0.107. The van der Waals surface area contributed by atoms with Gasteiger partial charge in [-0.25, -0.2) is 0 Å². The lowest BCUT2D eigenvalue weighted by Crippen LogP contribution is -2.54. The minimum Gasteiger partial charge on any atom is -0.392 e. The third-order valence-corrected chi connectivity index (χ3v) is 5.06. The van der Waals surface area contributed by atoms with Gasteiger partial charge in [-0.1, -0.05) is 31.5 Å². The molecule has 0 aromatic heterocycles. The van der Waals surface area contributed by atoms with Crippen LogP contribution in [0.3, 0.4) is 0 Å².